The van der Waals surface area contributed by atoms with Crippen LogP contribution in [0.1, 0.15) is 57.4 Å². The lowest BCUT2D eigenvalue weighted by Gasteiger charge is -2.42. The van der Waals surface area contributed by atoms with Crippen LogP contribution in [0.5, 0.6) is 0 Å². The van der Waals surface area contributed by atoms with Crippen LogP contribution >= 0.6 is 0 Å². The van der Waals surface area contributed by atoms with E-state index in [1.54, 1.807) is 13.8 Å². The molecule has 2 atom stereocenters. The number of benzene rings is 1. The second kappa shape index (κ2) is 7.90. The highest BCUT2D eigenvalue weighted by molar-refractivity contribution is 6.05. The molecule has 0 bridgehead atoms. The summed E-state index contributed by atoms with van der Waals surface area (Å²) in [6, 6.07) is 9.34. The first kappa shape index (κ1) is 20.3. The van der Waals surface area contributed by atoms with Gasteiger partial charge in [0.15, 0.2) is 5.41 Å². The molecule has 2 aliphatic carbocycles. The maximum Gasteiger partial charge on any atom is 0.324 e. The van der Waals surface area contributed by atoms with E-state index in [-0.39, 0.29) is 25.4 Å². The van der Waals surface area contributed by atoms with Crippen LogP contribution in [0, 0.1) is 10.8 Å². The topological polar surface area (TPSA) is 69.7 Å². The SMILES string of the molecule is C=C1CC(C(=O)OCC)(C(=O)OCC)[C@@H](c2ccccc2)[C@@]12CCCCC2=O. The Morgan fingerprint density at radius 1 is 1.07 bits per heavy atom. The van der Waals surface area contributed by atoms with Crippen molar-refractivity contribution in [1.29, 1.82) is 0 Å². The van der Waals surface area contributed by atoms with Crippen LogP contribution in [-0.4, -0.2) is 30.9 Å². The summed E-state index contributed by atoms with van der Waals surface area (Å²) in [4.78, 5) is 39.8. The molecule has 1 aromatic rings. The molecule has 0 amide bonds. The third-order valence-electron chi connectivity index (χ3n) is 6.24. The number of ketones is 1. The first-order chi connectivity index (χ1) is 13.4. The van der Waals surface area contributed by atoms with E-state index in [9.17, 15) is 14.4 Å². The summed E-state index contributed by atoms with van der Waals surface area (Å²) in [6.45, 7) is 7.91. The van der Waals surface area contributed by atoms with Crippen molar-refractivity contribution >= 4 is 17.7 Å². The summed E-state index contributed by atoms with van der Waals surface area (Å²) >= 11 is 0. The molecule has 5 nitrogen and oxygen atoms in total. The van der Waals surface area contributed by atoms with Gasteiger partial charge >= 0.3 is 11.9 Å². The van der Waals surface area contributed by atoms with Gasteiger partial charge in [0.1, 0.15) is 5.78 Å². The Balaban J connectivity index is 2.28. The van der Waals surface area contributed by atoms with Crippen molar-refractivity contribution in [3.8, 4) is 0 Å². The average Bonchev–Trinajstić information content (AvgIpc) is 2.96. The Hall–Kier alpha value is -2.43. The number of rotatable bonds is 5. The van der Waals surface area contributed by atoms with E-state index < -0.39 is 28.7 Å². The van der Waals surface area contributed by atoms with E-state index in [1.807, 2.05) is 30.3 Å². The molecule has 0 N–H and O–H groups in total. The minimum atomic E-state index is -1.59. The number of hydrogen-bond acceptors (Lipinski definition) is 5. The second-order valence-corrected chi connectivity index (χ2v) is 7.64. The van der Waals surface area contributed by atoms with Crippen molar-refractivity contribution in [2.45, 2.75) is 51.9 Å². The van der Waals surface area contributed by atoms with Gasteiger partial charge in [0.05, 0.1) is 18.6 Å². The van der Waals surface area contributed by atoms with Crippen LogP contribution in [-0.2, 0) is 23.9 Å². The Kier molecular flexibility index (Phi) is 5.73. The van der Waals surface area contributed by atoms with Gasteiger partial charge in [0.2, 0.25) is 0 Å². The summed E-state index contributed by atoms with van der Waals surface area (Å²) in [5.41, 5.74) is -1.10. The van der Waals surface area contributed by atoms with Gasteiger partial charge in [-0.3, -0.25) is 14.4 Å². The van der Waals surface area contributed by atoms with Crippen molar-refractivity contribution in [2.75, 3.05) is 13.2 Å². The fraction of sp³-hybridized carbons (Fsp3) is 0.522. The standard InChI is InChI=1S/C23H28O5/c1-4-27-20(25)23(21(26)28-5-2)15-16(3)22(14-10-9-13-18(22)24)19(23)17-11-7-6-8-12-17/h6-8,11-12,19H,3-5,9-10,13-15H2,1-2H3/t19-,22-/m0/s1. The number of ether oxygens (including phenoxy) is 2. The molecule has 2 fully saturated rings. The Bertz CT molecular complexity index is 763. The molecule has 1 aromatic carbocycles. The molecular formula is C23H28O5. The number of allylic oxidation sites excluding steroid dienone is 1. The van der Waals surface area contributed by atoms with Crippen LogP contribution in [0.4, 0.5) is 0 Å². The van der Waals surface area contributed by atoms with Crippen LogP contribution in [0.2, 0.25) is 0 Å². The van der Waals surface area contributed by atoms with Crippen molar-refractivity contribution in [1.82, 2.24) is 0 Å². The first-order valence-electron chi connectivity index (χ1n) is 10.1. The fourth-order valence-electron chi connectivity index (χ4n) is 5.15. The monoisotopic (exact) mass is 384 g/mol. The van der Waals surface area contributed by atoms with E-state index in [2.05, 4.69) is 6.58 Å². The molecule has 2 saturated carbocycles. The molecule has 0 heterocycles. The summed E-state index contributed by atoms with van der Waals surface area (Å²) in [5.74, 6) is -1.86. The zero-order valence-electron chi connectivity index (χ0n) is 16.7. The van der Waals surface area contributed by atoms with Crippen LogP contribution in [0.3, 0.4) is 0 Å². The van der Waals surface area contributed by atoms with Gasteiger partial charge in [-0.25, -0.2) is 0 Å². The van der Waals surface area contributed by atoms with Crippen molar-refractivity contribution in [2.24, 2.45) is 10.8 Å². The van der Waals surface area contributed by atoms with Gasteiger partial charge in [-0.15, -0.1) is 0 Å². The third kappa shape index (κ3) is 2.88. The summed E-state index contributed by atoms with van der Waals surface area (Å²) < 4.78 is 10.7. The molecule has 0 saturated heterocycles. The minimum Gasteiger partial charge on any atom is -0.465 e. The van der Waals surface area contributed by atoms with Gasteiger partial charge in [0, 0.05) is 12.3 Å². The zero-order valence-corrected chi connectivity index (χ0v) is 16.7. The lowest BCUT2D eigenvalue weighted by Crippen LogP contribution is -2.49. The molecule has 3 rings (SSSR count). The van der Waals surface area contributed by atoms with Gasteiger partial charge in [-0.05, 0) is 38.7 Å². The van der Waals surface area contributed by atoms with Crippen LogP contribution in [0.15, 0.2) is 42.5 Å². The van der Waals surface area contributed by atoms with E-state index in [0.717, 1.165) is 18.4 Å². The average molecular weight is 384 g/mol. The first-order valence-corrected chi connectivity index (χ1v) is 10.1. The van der Waals surface area contributed by atoms with Gasteiger partial charge in [-0.1, -0.05) is 48.9 Å². The summed E-state index contributed by atoms with van der Waals surface area (Å²) in [6.07, 6.45) is 2.78. The number of hydrogen-bond donors (Lipinski definition) is 0. The predicted molar refractivity (Wildman–Crippen MR) is 105 cm³/mol. The van der Waals surface area contributed by atoms with Crippen LogP contribution < -0.4 is 0 Å². The molecule has 28 heavy (non-hydrogen) atoms. The van der Waals surface area contributed by atoms with Gasteiger partial charge < -0.3 is 9.47 Å². The number of carbonyl (C=O) groups excluding carboxylic acids is 3. The highest BCUT2D eigenvalue weighted by atomic mass is 16.6. The zero-order chi connectivity index (χ0) is 20.4. The highest BCUT2D eigenvalue weighted by Gasteiger charge is 2.70. The van der Waals surface area contributed by atoms with Crippen molar-refractivity contribution in [3.05, 3.63) is 48.0 Å². The van der Waals surface area contributed by atoms with Crippen LogP contribution in [0.25, 0.3) is 0 Å². The summed E-state index contributed by atoms with van der Waals surface area (Å²) in [7, 11) is 0. The molecule has 0 radical (unpaired) electrons. The van der Waals surface area contributed by atoms with E-state index in [4.69, 9.17) is 9.47 Å². The highest BCUT2D eigenvalue weighted by Crippen LogP contribution is 2.66. The molecule has 5 heteroatoms. The largest absolute Gasteiger partial charge is 0.465 e. The molecule has 0 aliphatic heterocycles. The lowest BCUT2D eigenvalue weighted by molar-refractivity contribution is -0.174. The fourth-order valence-corrected chi connectivity index (χ4v) is 5.15. The predicted octanol–water partition coefficient (Wildman–Crippen LogP) is 3.97. The Morgan fingerprint density at radius 2 is 1.68 bits per heavy atom. The maximum atomic E-state index is 13.3. The van der Waals surface area contributed by atoms with E-state index >= 15 is 0 Å². The number of Topliss-reactive ketones (excluding diaryl/α,β-unsaturated/α-hetero) is 1. The minimum absolute atomic E-state index is 0.0630. The Morgan fingerprint density at radius 3 is 2.21 bits per heavy atom. The normalized spacial score (nSPS) is 26.3. The number of carbonyl (C=O) groups is 3. The van der Waals surface area contributed by atoms with Crippen molar-refractivity contribution < 1.29 is 23.9 Å². The molecule has 0 aromatic heterocycles. The lowest BCUT2D eigenvalue weighted by atomic mass is 9.59. The Labute approximate surface area is 166 Å². The van der Waals surface area contributed by atoms with Gasteiger partial charge in [-0.2, -0.15) is 0 Å². The molecular weight excluding hydrogens is 356 g/mol. The maximum absolute atomic E-state index is 13.3. The third-order valence-corrected chi connectivity index (χ3v) is 6.24. The quantitative estimate of drug-likeness (QED) is 0.436. The molecule has 2 aliphatic rings. The summed E-state index contributed by atoms with van der Waals surface area (Å²) in [5, 5.41) is 0. The second-order valence-electron chi connectivity index (χ2n) is 7.64. The molecule has 1 spiro atoms. The van der Waals surface area contributed by atoms with E-state index in [1.165, 1.54) is 0 Å². The van der Waals surface area contributed by atoms with E-state index in [0.29, 0.717) is 18.4 Å². The number of esters is 2. The molecule has 0 unspecified atom stereocenters. The molecule has 150 valence electrons. The smallest absolute Gasteiger partial charge is 0.324 e. The van der Waals surface area contributed by atoms with Gasteiger partial charge in [0.25, 0.3) is 0 Å². The van der Waals surface area contributed by atoms with Crippen molar-refractivity contribution in [3.63, 3.8) is 0 Å².